The van der Waals surface area contributed by atoms with E-state index in [-0.39, 0.29) is 17.4 Å². The third-order valence-electron chi connectivity index (χ3n) is 4.93. The quantitative estimate of drug-likeness (QED) is 0.843. The van der Waals surface area contributed by atoms with Gasteiger partial charge in [0.15, 0.2) is 0 Å². The molecular weight excluding hydrogens is 270 g/mol. The fourth-order valence-electron chi connectivity index (χ4n) is 3.42. The SMILES string of the molecule is O=C(NC1CCCCC1CCl)C1(c2ccccc2)CC1. The molecule has 2 unspecified atom stereocenters. The molecule has 0 bridgehead atoms. The molecule has 2 aliphatic rings. The average molecular weight is 292 g/mol. The first kappa shape index (κ1) is 13.9. The van der Waals surface area contributed by atoms with Crippen LogP contribution >= 0.6 is 11.6 Å². The van der Waals surface area contributed by atoms with Crippen LogP contribution in [0.2, 0.25) is 0 Å². The number of carbonyl (C=O) groups excluding carboxylic acids is 1. The maximum absolute atomic E-state index is 12.7. The molecule has 0 spiro atoms. The van der Waals surface area contributed by atoms with E-state index in [2.05, 4.69) is 17.4 Å². The molecule has 0 aromatic heterocycles. The first-order valence-corrected chi connectivity index (χ1v) is 8.22. The van der Waals surface area contributed by atoms with Gasteiger partial charge in [-0.2, -0.15) is 0 Å². The van der Waals surface area contributed by atoms with Crippen molar-refractivity contribution >= 4 is 17.5 Å². The first-order valence-electron chi connectivity index (χ1n) is 7.69. The zero-order valence-corrected chi connectivity index (χ0v) is 12.5. The maximum Gasteiger partial charge on any atom is 0.230 e. The van der Waals surface area contributed by atoms with Crippen LogP contribution in [0.15, 0.2) is 30.3 Å². The highest BCUT2D eigenvalue weighted by Crippen LogP contribution is 2.48. The number of rotatable bonds is 4. The number of nitrogens with one attached hydrogen (secondary N) is 1. The van der Waals surface area contributed by atoms with E-state index in [1.807, 2.05) is 18.2 Å². The van der Waals surface area contributed by atoms with Gasteiger partial charge in [-0.1, -0.05) is 43.2 Å². The molecule has 2 atom stereocenters. The van der Waals surface area contributed by atoms with Crippen molar-refractivity contribution in [3.05, 3.63) is 35.9 Å². The van der Waals surface area contributed by atoms with Crippen LogP contribution in [0.1, 0.15) is 44.1 Å². The van der Waals surface area contributed by atoms with E-state index in [9.17, 15) is 4.79 Å². The molecule has 20 heavy (non-hydrogen) atoms. The van der Waals surface area contributed by atoms with E-state index >= 15 is 0 Å². The molecule has 2 fully saturated rings. The van der Waals surface area contributed by atoms with Gasteiger partial charge in [-0.05, 0) is 37.2 Å². The van der Waals surface area contributed by atoms with E-state index in [4.69, 9.17) is 11.6 Å². The van der Waals surface area contributed by atoms with Gasteiger partial charge < -0.3 is 5.32 Å². The second kappa shape index (κ2) is 5.77. The average Bonchev–Trinajstić information content (AvgIpc) is 3.30. The second-order valence-corrected chi connectivity index (χ2v) is 6.54. The topological polar surface area (TPSA) is 29.1 Å². The zero-order chi connectivity index (χ0) is 14.0. The molecule has 1 aromatic carbocycles. The molecule has 0 saturated heterocycles. The van der Waals surface area contributed by atoms with E-state index in [1.165, 1.54) is 12.8 Å². The Morgan fingerprint density at radius 2 is 1.90 bits per heavy atom. The minimum absolute atomic E-state index is 0.214. The summed E-state index contributed by atoms with van der Waals surface area (Å²) >= 11 is 6.05. The molecule has 2 aliphatic carbocycles. The Hall–Kier alpha value is -1.02. The first-order chi connectivity index (χ1) is 9.76. The number of benzene rings is 1. The smallest absolute Gasteiger partial charge is 0.230 e. The minimum Gasteiger partial charge on any atom is -0.352 e. The molecule has 2 saturated carbocycles. The lowest BCUT2D eigenvalue weighted by molar-refractivity contribution is -0.124. The third kappa shape index (κ3) is 2.58. The normalized spacial score (nSPS) is 27.9. The van der Waals surface area contributed by atoms with Gasteiger partial charge in [0, 0.05) is 11.9 Å². The van der Waals surface area contributed by atoms with Crippen LogP contribution in [-0.2, 0) is 10.2 Å². The van der Waals surface area contributed by atoms with Crippen molar-refractivity contribution in [3.8, 4) is 0 Å². The van der Waals surface area contributed by atoms with Gasteiger partial charge in [0.05, 0.1) is 5.41 Å². The van der Waals surface area contributed by atoms with E-state index in [1.54, 1.807) is 0 Å². The summed E-state index contributed by atoms with van der Waals surface area (Å²) in [5.74, 6) is 1.31. The van der Waals surface area contributed by atoms with Crippen LogP contribution in [0, 0.1) is 5.92 Å². The van der Waals surface area contributed by atoms with Gasteiger partial charge in [0.25, 0.3) is 0 Å². The summed E-state index contributed by atoms with van der Waals surface area (Å²) in [7, 11) is 0. The standard InChI is InChI=1S/C17H22ClNO/c18-12-13-6-4-5-9-15(13)19-16(20)17(10-11-17)14-7-2-1-3-8-14/h1-3,7-8,13,15H,4-6,9-12H2,(H,19,20). The summed E-state index contributed by atoms with van der Waals surface area (Å²) < 4.78 is 0. The van der Waals surface area contributed by atoms with Crippen LogP contribution in [0.25, 0.3) is 0 Å². The predicted octanol–water partition coefficient (Wildman–Crippen LogP) is 3.63. The molecule has 0 radical (unpaired) electrons. The fraction of sp³-hybridized carbons (Fsp3) is 0.588. The lowest BCUT2D eigenvalue weighted by Gasteiger charge is -2.32. The highest BCUT2D eigenvalue weighted by molar-refractivity contribution is 6.18. The Balaban J connectivity index is 1.70. The van der Waals surface area contributed by atoms with Gasteiger partial charge in [0.2, 0.25) is 5.91 Å². The van der Waals surface area contributed by atoms with Gasteiger partial charge in [0.1, 0.15) is 0 Å². The molecule has 0 aliphatic heterocycles. The van der Waals surface area contributed by atoms with Crippen LogP contribution in [-0.4, -0.2) is 17.8 Å². The van der Waals surface area contributed by atoms with Crippen molar-refractivity contribution < 1.29 is 4.79 Å². The number of alkyl halides is 1. The number of hydrogen-bond donors (Lipinski definition) is 1. The van der Waals surface area contributed by atoms with Crippen molar-refractivity contribution in [1.82, 2.24) is 5.32 Å². The van der Waals surface area contributed by atoms with Gasteiger partial charge >= 0.3 is 0 Å². The highest BCUT2D eigenvalue weighted by Gasteiger charge is 2.51. The molecule has 108 valence electrons. The highest BCUT2D eigenvalue weighted by atomic mass is 35.5. The fourth-order valence-corrected chi connectivity index (χ4v) is 3.79. The Kier molecular flexibility index (Phi) is 4.02. The summed E-state index contributed by atoms with van der Waals surface area (Å²) in [6, 6.07) is 10.5. The summed E-state index contributed by atoms with van der Waals surface area (Å²) in [4.78, 5) is 12.7. The Morgan fingerprint density at radius 1 is 1.20 bits per heavy atom. The van der Waals surface area contributed by atoms with Crippen molar-refractivity contribution in [3.63, 3.8) is 0 Å². The van der Waals surface area contributed by atoms with E-state index in [0.29, 0.717) is 11.8 Å². The van der Waals surface area contributed by atoms with Crippen molar-refractivity contribution in [2.45, 2.75) is 50.0 Å². The lowest BCUT2D eigenvalue weighted by Crippen LogP contribution is -2.46. The van der Waals surface area contributed by atoms with Crippen LogP contribution in [0.4, 0.5) is 0 Å². The van der Waals surface area contributed by atoms with Gasteiger partial charge in [-0.3, -0.25) is 4.79 Å². The van der Waals surface area contributed by atoms with Crippen LogP contribution < -0.4 is 5.32 Å². The Morgan fingerprint density at radius 3 is 2.55 bits per heavy atom. The Bertz CT molecular complexity index is 469. The van der Waals surface area contributed by atoms with E-state index in [0.717, 1.165) is 31.2 Å². The third-order valence-corrected chi connectivity index (χ3v) is 5.33. The van der Waals surface area contributed by atoms with Gasteiger partial charge in [-0.25, -0.2) is 0 Å². The summed E-state index contributed by atoms with van der Waals surface area (Å²) in [5, 5.41) is 3.30. The van der Waals surface area contributed by atoms with Crippen molar-refractivity contribution in [2.75, 3.05) is 5.88 Å². The number of carbonyl (C=O) groups is 1. The number of hydrogen-bond acceptors (Lipinski definition) is 1. The zero-order valence-electron chi connectivity index (χ0n) is 11.8. The van der Waals surface area contributed by atoms with Gasteiger partial charge in [-0.15, -0.1) is 11.6 Å². The summed E-state index contributed by atoms with van der Waals surface area (Å²) in [6.45, 7) is 0. The summed E-state index contributed by atoms with van der Waals surface area (Å²) in [6.07, 6.45) is 6.62. The molecule has 1 amide bonds. The Labute approximate surface area is 125 Å². The van der Waals surface area contributed by atoms with Crippen LogP contribution in [0.3, 0.4) is 0 Å². The molecule has 3 heteroatoms. The number of halogens is 1. The molecular formula is C17H22ClNO. The number of amides is 1. The largest absolute Gasteiger partial charge is 0.352 e. The van der Waals surface area contributed by atoms with Crippen molar-refractivity contribution in [2.24, 2.45) is 5.92 Å². The second-order valence-electron chi connectivity index (χ2n) is 6.23. The van der Waals surface area contributed by atoms with Crippen LogP contribution in [0.5, 0.6) is 0 Å². The molecule has 1 N–H and O–H groups in total. The predicted molar refractivity (Wildman–Crippen MR) is 82.0 cm³/mol. The molecule has 0 heterocycles. The monoisotopic (exact) mass is 291 g/mol. The van der Waals surface area contributed by atoms with E-state index < -0.39 is 0 Å². The maximum atomic E-state index is 12.7. The lowest BCUT2D eigenvalue weighted by atomic mass is 9.85. The van der Waals surface area contributed by atoms with Crippen molar-refractivity contribution in [1.29, 1.82) is 0 Å². The molecule has 1 aromatic rings. The molecule has 3 rings (SSSR count). The molecule has 2 nitrogen and oxygen atoms in total. The summed E-state index contributed by atoms with van der Waals surface area (Å²) in [5.41, 5.74) is 0.908. The minimum atomic E-state index is -0.254.